The second kappa shape index (κ2) is 7.54. The fourth-order valence-electron chi connectivity index (χ4n) is 2.01. The molecule has 9 heteroatoms. The maximum Gasteiger partial charge on any atom is 0.327 e. The molecule has 124 valence electrons. The molecule has 0 saturated heterocycles. The molecule has 0 unspecified atom stereocenters. The highest BCUT2D eigenvalue weighted by Gasteiger charge is 2.16. The maximum atomic E-state index is 10.7. The van der Waals surface area contributed by atoms with E-state index in [-0.39, 0.29) is 12.4 Å². The summed E-state index contributed by atoms with van der Waals surface area (Å²) >= 11 is 0. The normalized spacial score (nSPS) is 10.6. The molecule has 0 aliphatic carbocycles. The lowest BCUT2D eigenvalue weighted by Crippen LogP contribution is -2.11. The summed E-state index contributed by atoms with van der Waals surface area (Å²) in [5, 5.41) is 20.3. The molecule has 0 saturated carbocycles. The number of hydrogen-bond acceptors (Lipinski definition) is 7. The highest BCUT2D eigenvalue weighted by Crippen LogP contribution is 2.34. The minimum absolute atomic E-state index is 0.283. The van der Waals surface area contributed by atoms with Crippen LogP contribution in [0.25, 0.3) is 11.4 Å². The Morgan fingerprint density at radius 1 is 1.26 bits per heavy atom. The fraction of sp³-hybridized carbons (Fsp3) is 0.429. The molecule has 0 fully saturated rings. The van der Waals surface area contributed by atoms with Crippen LogP contribution in [-0.4, -0.2) is 52.1 Å². The van der Waals surface area contributed by atoms with Crippen LogP contribution in [0.5, 0.6) is 11.5 Å². The summed E-state index contributed by atoms with van der Waals surface area (Å²) in [5.74, 6) is 0.381. The van der Waals surface area contributed by atoms with Crippen molar-refractivity contribution < 1.29 is 24.1 Å². The van der Waals surface area contributed by atoms with E-state index < -0.39 is 5.97 Å². The summed E-state index contributed by atoms with van der Waals surface area (Å²) < 4.78 is 16.2. The maximum absolute atomic E-state index is 10.7. The zero-order valence-electron chi connectivity index (χ0n) is 13.1. The molecule has 0 spiro atoms. The van der Waals surface area contributed by atoms with Crippen LogP contribution in [0.4, 0.5) is 0 Å². The summed E-state index contributed by atoms with van der Waals surface area (Å²) in [6.45, 7) is 2.46. The van der Waals surface area contributed by atoms with E-state index in [4.69, 9.17) is 19.3 Å². The minimum Gasteiger partial charge on any atom is -0.496 e. The molecule has 2 aromatic rings. The lowest BCUT2D eigenvalue weighted by Gasteiger charge is -2.14. The predicted octanol–water partition coefficient (Wildman–Crippen LogP) is 0.978. The van der Waals surface area contributed by atoms with Gasteiger partial charge in [-0.15, -0.1) is 10.2 Å². The number of carboxylic acid groups (broad SMARTS) is 1. The first-order valence-electron chi connectivity index (χ1n) is 6.91. The largest absolute Gasteiger partial charge is 0.496 e. The van der Waals surface area contributed by atoms with E-state index in [1.165, 1.54) is 0 Å². The van der Waals surface area contributed by atoms with Crippen LogP contribution in [0.2, 0.25) is 0 Å². The zero-order valence-corrected chi connectivity index (χ0v) is 13.1. The van der Waals surface area contributed by atoms with Gasteiger partial charge in [-0.05, 0) is 24.3 Å². The number of benzene rings is 1. The molecule has 0 atom stereocenters. The first-order valence-corrected chi connectivity index (χ1v) is 6.91. The lowest BCUT2D eigenvalue weighted by atomic mass is 10.1. The van der Waals surface area contributed by atoms with Gasteiger partial charge < -0.3 is 19.3 Å². The summed E-state index contributed by atoms with van der Waals surface area (Å²) in [5.41, 5.74) is 1.38. The number of tetrazole rings is 1. The van der Waals surface area contributed by atoms with Gasteiger partial charge in [0.05, 0.1) is 26.4 Å². The molecular formula is C14H18N4O5. The van der Waals surface area contributed by atoms with Crippen LogP contribution in [0.15, 0.2) is 12.1 Å². The molecule has 0 radical (unpaired) electrons. The topological polar surface area (TPSA) is 109 Å². The molecule has 9 nitrogen and oxygen atoms in total. The average molecular weight is 322 g/mol. The van der Waals surface area contributed by atoms with E-state index in [1.54, 1.807) is 26.4 Å². The highest BCUT2D eigenvalue weighted by atomic mass is 16.5. The molecule has 0 aliphatic rings. The second-order valence-electron chi connectivity index (χ2n) is 4.53. The van der Waals surface area contributed by atoms with Crippen molar-refractivity contribution in [2.45, 2.75) is 20.1 Å². The number of carboxylic acids is 1. The Morgan fingerprint density at radius 2 is 1.91 bits per heavy atom. The van der Waals surface area contributed by atoms with Gasteiger partial charge in [-0.3, -0.25) is 4.79 Å². The molecule has 1 N–H and O–H groups in total. The van der Waals surface area contributed by atoms with Gasteiger partial charge in [0.2, 0.25) is 5.82 Å². The molecule has 1 aromatic heterocycles. The van der Waals surface area contributed by atoms with E-state index in [0.29, 0.717) is 30.3 Å². The van der Waals surface area contributed by atoms with Gasteiger partial charge in [-0.1, -0.05) is 0 Å². The lowest BCUT2D eigenvalue weighted by molar-refractivity contribution is -0.138. The number of aliphatic carboxylic acids is 1. The second-order valence-corrected chi connectivity index (χ2v) is 4.53. The SMILES string of the molecule is CCOCc1c(OC)cc(-c2nnn(CC(=O)O)n2)cc1OC. The van der Waals surface area contributed by atoms with Crippen LogP contribution in [0.3, 0.4) is 0 Å². The van der Waals surface area contributed by atoms with Gasteiger partial charge in [-0.2, -0.15) is 4.80 Å². The molecule has 2 rings (SSSR count). The zero-order chi connectivity index (χ0) is 16.8. The van der Waals surface area contributed by atoms with Gasteiger partial charge in [0, 0.05) is 12.2 Å². The first kappa shape index (κ1) is 16.7. The average Bonchev–Trinajstić information content (AvgIpc) is 2.99. The van der Waals surface area contributed by atoms with Gasteiger partial charge in [0.25, 0.3) is 0 Å². The number of methoxy groups -OCH3 is 2. The van der Waals surface area contributed by atoms with E-state index in [2.05, 4.69) is 15.4 Å². The number of hydrogen-bond donors (Lipinski definition) is 1. The molecule has 0 bridgehead atoms. The third-order valence-electron chi connectivity index (χ3n) is 3.05. The van der Waals surface area contributed by atoms with Crippen molar-refractivity contribution in [3.05, 3.63) is 17.7 Å². The van der Waals surface area contributed by atoms with Gasteiger partial charge in [0.15, 0.2) is 6.54 Å². The first-order chi connectivity index (χ1) is 11.1. The Morgan fingerprint density at radius 3 is 2.43 bits per heavy atom. The van der Waals surface area contributed by atoms with Gasteiger partial charge in [-0.25, -0.2) is 0 Å². The quantitative estimate of drug-likeness (QED) is 0.766. The molecular weight excluding hydrogens is 304 g/mol. The summed E-state index contributed by atoms with van der Waals surface area (Å²) in [7, 11) is 3.09. The number of aromatic nitrogens is 4. The van der Waals surface area contributed by atoms with Crippen molar-refractivity contribution in [2.75, 3.05) is 20.8 Å². The van der Waals surface area contributed by atoms with Crippen molar-refractivity contribution in [1.29, 1.82) is 0 Å². The van der Waals surface area contributed by atoms with Crippen molar-refractivity contribution in [3.8, 4) is 22.9 Å². The summed E-state index contributed by atoms with van der Waals surface area (Å²) in [6.07, 6.45) is 0. The van der Waals surface area contributed by atoms with Crippen LogP contribution >= 0.6 is 0 Å². The van der Waals surface area contributed by atoms with Crippen molar-refractivity contribution in [1.82, 2.24) is 20.2 Å². The van der Waals surface area contributed by atoms with Crippen LogP contribution in [0.1, 0.15) is 12.5 Å². The summed E-state index contributed by atoms with van der Waals surface area (Å²) in [6, 6.07) is 3.47. The van der Waals surface area contributed by atoms with Gasteiger partial charge >= 0.3 is 5.97 Å². The Balaban J connectivity index is 2.39. The Kier molecular flexibility index (Phi) is 5.47. The number of ether oxygens (including phenoxy) is 3. The van der Waals surface area contributed by atoms with Crippen LogP contribution in [0, 0.1) is 0 Å². The smallest absolute Gasteiger partial charge is 0.327 e. The monoisotopic (exact) mass is 322 g/mol. The van der Waals surface area contributed by atoms with Crippen molar-refractivity contribution in [3.63, 3.8) is 0 Å². The van der Waals surface area contributed by atoms with Crippen LogP contribution in [-0.2, 0) is 22.7 Å². The van der Waals surface area contributed by atoms with Crippen molar-refractivity contribution in [2.24, 2.45) is 0 Å². The third kappa shape index (κ3) is 3.95. The Bertz CT molecular complexity index is 661. The number of nitrogens with zero attached hydrogens (tertiary/aromatic N) is 4. The molecule has 0 aliphatic heterocycles. The number of carbonyl (C=O) groups is 1. The van der Waals surface area contributed by atoms with Crippen molar-refractivity contribution >= 4 is 5.97 Å². The molecule has 1 heterocycles. The third-order valence-corrected chi connectivity index (χ3v) is 3.05. The van der Waals surface area contributed by atoms with Gasteiger partial charge in [0.1, 0.15) is 11.5 Å². The van der Waals surface area contributed by atoms with E-state index in [9.17, 15) is 4.79 Å². The number of rotatable bonds is 8. The molecule has 1 aromatic carbocycles. The van der Waals surface area contributed by atoms with E-state index in [0.717, 1.165) is 10.4 Å². The van der Waals surface area contributed by atoms with E-state index >= 15 is 0 Å². The highest BCUT2D eigenvalue weighted by molar-refractivity contribution is 5.66. The fourth-order valence-corrected chi connectivity index (χ4v) is 2.01. The Hall–Kier alpha value is -2.68. The molecule has 0 amide bonds. The van der Waals surface area contributed by atoms with E-state index in [1.807, 2.05) is 6.92 Å². The van der Waals surface area contributed by atoms with Crippen LogP contribution < -0.4 is 9.47 Å². The predicted molar refractivity (Wildman–Crippen MR) is 79.3 cm³/mol. The standard InChI is InChI=1S/C14H18N4O5/c1-4-23-8-10-11(21-2)5-9(6-12(10)22-3)14-15-17-18(16-14)7-13(19)20/h5-6H,4,7-8H2,1-3H3,(H,19,20). The molecule has 23 heavy (non-hydrogen) atoms. The Labute approximate surface area is 132 Å². The minimum atomic E-state index is -1.05. The summed E-state index contributed by atoms with van der Waals surface area (Å²) in [4.78, 5) is 11.7.